The number of nitrogens with zero attached hydrogens (tertiary/aromatic N) is 1. The quantitative estimate of drug-likeness (QED) is 0.575. The molecule has 1 N–H and O–H groups in total. The number of ether oxygens (including phenoxy) is 1. The molecule has 0 bridgehead atoms. The van der Waals surface area contributed by atoms with E-state index >= 15 is 0 Å². The molecule has 0 aliphatic carbocycles. The molecular formula is C20H24Cl2N2O4S. The molecule has 2 aromatic rings. The molecule has 29 heavy (non-hydrogen) atoms. The van der Waals surface area contributed by atoms with E-state index < -0.39 is 10.0 Å². The van der Waals surface area contributed by atoms with E-state index in [0.717, 1.165) is 10.6 Å². The Morgan fingerprint density at radius 2 is 1.90 bits per heavy atom. The van der Waals surface area contributed by atoms with Crippen LogP contribution in [0.3, 0.4) is 0 Å². The molecule has 0 heterocycles. The first kappa shape index (κ1) is 23.3. The first-order valence-corrected chi connectivity index (χ1v) is 11.7. The summed E-state index contributed by atoms with van der Waals surface area (Å²) < 4.78 is 31.2. The maximum atomic E-state index is 12.3. The van der Waals surface area contributed by atoms with Gasteiger partial charge in [0.25, 0.3) is 0 Å². The third-order valence-electron chi connectivity index (χ3n) is 3.83. The molecule has 2 rings (SSSR count). The van der Waals surface area contributed by atoms with Gasteiger partial charge >= 0.3 is 0 Å². The second-order valence-electron chi connectivity index (χ2n) is 6.78. The van der Waals surface area contributed by atoms with Crippen molar-refractivity contribution in [1.82, 2.24) is 0 Å². The fourth-order valence-corrected chi connectivity index (χ4v) is 4.07. The van der Waals surface area contributed by atoms with Crippen LogP contribution in [0.4, 0.5) is 11.4 Å². The number of hydrogen-bond acceptors (Lipinski definition) is 4. The molecule has 0 saturated heterocycles. The second-order valence-corrected chi connectivity index (χ2v) is 9.53. The summed E-state index contributed by atoms with van der Waals surface area (Å²) in [5.74, 6) is 0.439. The van der Waals surface area contributed by atoms with Crippen molar-refractivity contribution >= 4 is 50.5 Å². The van der Waals surface area contributed by atoms with Crippen molar-refractivity contribution in [3.63, 3.8) is 0 Å². The smallest absolute Gasteiger partial charge is 0.232 e. The lowest BCUT2D eigenvalue weighted by Gasteiger charge is -2.23. The Hall–Kier alpha value is -1.96. The fourth-order valence-electron chi connectivity index (χ4n) is 2.67. The molecule has 6 nitrogen and oxygen atoms in total. The van der Waals surface area contributed by atoms with Crippen molar-refractivity contribution in [2.45, 2.75) is 32.8 Å². The number of sulfonamides is 1. The van der Waals surface area contributed by atoms with Gasteiger partial charge in [0.15, 0.2) is 0 Å². The van der Waals surface area contributed by atoms with Gasteiger partial charge in [-0.1, -0.05) is 29.3 Å². The predicted molar refractivity (Wildman–Crippen MR) is 119 cm³/mol. The van der Waals surface area contributed by atoms with Gasteiger partial charge < -0.3 is 10.1 Å². The Morgan fingerprint density at radius 1 is 1.17 bits per heavy atom. The van der Waals surface area contributed by atoms with Crippen LogP contribution in [0, 0.1) is 0 Å². The number of benzene rings is 2. The van der Waals surface area contributed by atoms with Gasteiger partial charge in [-0.2, -0.15) is 0 Å². The zero-order valence-corrected chi connectivity index (χ0v) is 18.8. The first-order valence-electron chi connectivity index (χ1n) is 9.05. The Kier molecular flexibility index (Phi) is 8.19. The van der Waals surface area contributed by atoms with E-state index in [9.17, 15) is 13.2 Å². The molecule has 0 unspecified atom stereocenters. The molecule has 0 atom stereocenters. The lowest BCUT2D eigenvalue weighted by molar-refractivity contribution is -0.116. The molecule has 1 amide bonds. The van der Waals surface area contributed by atoms with Crippen molar-refractivity contribution < 1.29 is 17.9 Å². The summed E-state index contributed by atoms with van der Waals surface area (Å²) in [5.41, 5.74) is 0.909. The van der Waals surface area contributed by atoms with Crippen molar-refractivity contribution in [3.05, 3.63) is 52.5 Å². The standard InChI is InChI=1S/C20H24Cl2N2O4S/c1-14(2)28-17-7-4-6-16(13-17)23-20(25)8-5-11-24(29(3,26)27)19-12-15(21)9-10-18(19)22/h4,6-7,9-10,12-14H,5,8,11H2,1-3H3,(H,23,25). The number of hydrogen-bond donors (Lipinski definition) is 1. The normalized spacial score (nSPS) is 11.4. The number of nitrogens with one attached hydrogen (secondary N) is 1. The van der Waals surface area contributed by atoms with Gasteiger partial charge in [0.05, 0.1) is 23.1 Å². The molecule has 0 fully saturated rings. The highest BCUT2D eigenvalue weighted by Gasteiger charge is 2.20. The van der Waals surface area contributed by atoms with Crippen LogP contribution in [-0.2, 0) is 14.8 Å². The topological polar surface area (TPSA) is 75.7 Å². The largest absolute Gasteiger partial charge is 0.491 e. The number of anilines is 2. The van der Waals surface area contributed by atoms with Gasteiger partial charge in [-0.25, -0.2) is 8.42 Å². The number of carbonyl (C=O) groups is 1. The first-order chi connectivity index (χ1) is 13.6. The summed E-state index contributed by atoms with van der Waals surface area (Å²) in [4.78, 5) is 12.3. The Bertz CT molecular complexity index is 965. The minimum atomic E-state index is -3.59. The highest BCUT2D eigenvalue weighted by molar-refractivity contribution is 7.92. The third kappa shape index (κ3) is 7.42. The predicted octanol–water partition coefficient (Wildman–Crippen LogP) is 4.97. The highest BCUT2D eigenvalue weighted by atomic mass is 35.5. The average molecular weight is 459 g/mol. The third-order valence-corrected chi connectivity index (χ3v) is 5.57. The minimum Gasteiger partial charge on any atom is -0.491 e. The summed E-state index contributed by atoms with van der Waals surface area (Å²) in [5, 5.41) is 3.44. The van der Waals surface area contributed by atoms with E-state index in [1.807, 2.05) is 19.9 Å². The molecule has 158 valence electrons. The van der Waals surface area contributed by atoms with Crippen LogP contribution in [0.5, 0.6) is 5.75 Å². The SMILES string of the molecule is CC(C)Oc1cccc(NC(=O)CCCN(c2cc(Cl)ccc2Cl)S(C)(=O)=O)c1. The molecule has 2 aromatic carbocycles. The fraction of sp³-hybridized carbons (Fsp3) is 0.350. The Labute approximate surface area is 181 Å². The molecule has 0 aliphatic rings. The van der Waals surface area contributed by atoms with Crippen molar-refractivity contribution in [3.8, 4) is 5.75 Å². The van der Waals surface area contributed by atoms with E-state index in [1.54, 1.807) is 24.3 Å². The van der Waals surface area contributed by atoms with E-state index in [0.29, 0.717) is 28.6 Å². The van der Waals surface area contributed by atoms with Crippen LogP contribution in [0.25, 0.3) is 0 Å². The van der Waals surface area contributed by atoms with Gasteiger partial charge in [-0.05, 0) is 50.6 Å². The Morgan fingerprint density at radius 3 is 2.55 bits per heavy atom. The maximum Gasteiger partial charge on any atom is 0.232 e. The highest BCUT2D eigenvalue weighted by Crippen LogP contribution is 2.31. The van der Waals surface area contributed by atoms with Gasteiger partial charge in [0.2, 0.25) is 15.9 Å². The van der Waals surface area contributed by atoms with Crippen LogP contribution < -0.4 is 14.4 Å². The summed E-state index contributed by atoms with van der Waals surface area (Å²) in [6.07, 6.45) is 1.56. The summed E-state index contributed by atoms with van der Waals surface area (Å²) in [6, 6.07) is 11.7. The van der Waals surface area contributed by atoms with Crippen LogP contribution in [-0.4, -0.2) is 33.2 Å². The number of halogens is 2. The van der Waals surface area contributed by atoms with Crippen LogP contribution in [0.15, 0.2) is 42.5 Å². The molecule has 0 radical (unpaired) electrons. The van der Waals surface area contributed by atoms with Gasteiger partial charge in [-0.15, -0.1) is 0 Å². The summed E-state index contributed by atoms with van der Waals surface area (Å²) in [6.45, 7) is 3.94. The van der Waals surface area contributed by atoms with Crippen LogP contribution >= 0.6 is 23.2 Å². The monoisotopic (exact) mass is 458 g/mol. The van der Waals surface area contributed by atoms with Gasteiger partial charge in [0.1, 0.15) is 5.75 Å². The summed E-state index contributed by atoms with van der Waals surface area (Å²) in [7, 11) is -3.59. The number of amides is 1. The number of carbonyl (C=O) groups excluding carboxylic acids is 1. The lowest BCUT2D eigenvalue weighted by Crippen LogP contribution is -2.31. The van der Waals surface area contributed by atoms with E-state index in [-0.39, 0.29) is 30.0 Å². The zero-order chi connectivity index (χ0) is 21.6. The minimum absolute atomic E-state index is 0.0289. The molecule has 0 saturated carbocycles. The average Bonchev–Trinajstić information content (AvgIpc) is 2.60. The molecular weight excluding hydrogens is 435 g/mol. The van der Waals surface area contributed by atoms with E-state index in [1.165, 1.54) is 12.1 Å². The lowest BCUT2D eigenvalue weighted by atomic mass is 10.2. The van der Waals surface area contributed by atoms with Crippen LogP contribution in [0.1, 0.15) is 26.7 Å². The molecule has 0 aromatic heterocycles. The van der Waals surface area contributed by atoms with Crippen LogP contribution in [0.2, 0.25) is 10.0 Å². The molecule has 0 aliphatic heterocycles. The molecule has 9 heteroatoms. The van der Waals surface area contributed by atoms with Gasteiger partial charge in [0, 0.05) is 29.7 Å². The molecule has 0 spiro atoms. The van der Waals surface area contributed by atoms with Crippen molar-refractivity contribution in [2.75, 3.05) is 22.4 Å². The summed E-state index contributed by atoms with van der Waals surface area (Å²) >= 11 is 12.1. The Balaban J connectivity index is 1.99. The second kappa shape index (κ2) is 10.2. The van der Waals surface area contributed by atoms with E-state index in [4.69, 9.17) is 27.9 Å². The number of rotatable bonds is 9. The zero-order valence-electron chi connectivity index (χ0n) is 16.5. The van der Waals surface area contributed by atoms with Crippen molar-refractivity contribution in [1.29, 1.82) is 0 Å². The van der Waals surface area contributed by atoms with Gasteiger partial charge in [-0.3, -0.25) is 9.10 Å². The maximum absolute atomic E-state index is 12.3. The van der Waals surface area contributed by atoms with Crippen molar-refractivity contribution in [2.24, 2.45) is 0 Å². The van der Waals surface area contributed by atoms with E-state index in [2.05, 4.69) is 5.32 Å².